The van der Waals surface area contributed by atoms with Crippen LogP contribution in [0.1, 0.15) is 44.3 Å². The monoisotopic (exact) mass is 293 g/mol. The fourth-order valence-corrected chi connectivity index (χ4v) is 3.14. The maximum Gasteiger partial charge on any atom is 0.119 e. The summed E-state index contributed by atoms with van der Waals surface area (Å²) in [5, 5.41) is 20.1. The zero-order chi connectivity index (χ0) is 15.2. The predicted octanol–water partition coefficient (Wildman–Crippen LogP) is 2.35. The van der Waals surface area contributed by atoms with Crippen LogP contribution in [0.25, 0.3) is 0 Å². The van der Waals surface area contributed by atoms with E-state index in [1.807, 2.05) is 31.2 Å². The summed E-state index contributed by atoms with van der Waals surface area (Å²) >= 11 is 0. The normalized spacial score (nSPS) is 22.8. The quantitative estimate of drug-likeness (QED) is 0.845. The van der Waals surface area contributed by atoms with Gasteiger partial charge in [0.25, 0.3) is 0 Å². The SMILES string of the molecule is COc1cccc(C(O)CN2CCCCC2CC(C)O)c1. The highest BCUT2D eigenvalue weighted by atomic mass is 16.5. The van der Waals surface area contributed by atoms with Crippen LogP contribution in [0.5, 0.6) is 5.75 Å². The number of likely N-dealkylation sites (tertiary alicyclic amines) is 1. The van der Waals surface area contributed by atoms with Gasteiger partial charge in [0.2, 0.25) is 0 Å². The first-order chi connectivity index (χ1) is 10.1. The van der Waals surface area contributed by atoms with Crippen LogP contribution < -0.4 is 4.74 Å². The summed E-state index contributed by atoms with van der Waals surface area (Å²) in [5.74, 6) is 0.769. The van der Waals surface area contributed by atoms with Crippen molar-refractivity contribution in [3.63, 3.8) is 0 Å². The molecule has 1 aromatic rings. The van der Waals surface area contributed by atoms with Crippen LogP contribution >= 0.6 is 0 Å². The van der Waals surface area contributed by atoms with Crippen molar-refractivity contribution >= 4 is 0 Å². The van der Waals surface area contributed by atoms with E-state index < -0.39 is 6.10 Å². The summed E-state index contributed by atoms with van der Waals surface area (Å²) in [6.07, 6.45) is 3.46. The first kappa shape index (κ1) is 16.3. The molecule has 2 rings (SSSR count). The molecule has 0 aliphatic carbocycles. The molecule has 1 aromatic carbocycles. The van der Waals surface area contributed by atoms with Gasteiger partial charge in [0.05, 0.1) is 19.3 Å². The highest BCUT2D eigenvalue weighted by Crippen LogP contribution is 2.25. The Kier molecular flexibility index (Phi) is 6.03. The van der Waals surface area contributed by atoms with Gasteiger partial charge in [-0.1, -0.05) is 18.6 Å². The Hall–Kier alpha value is -1.10. The first-order valence-corrected chi connectivity index (χ1v) is 7.84. The molecular weight excluding hydrogens is 266 g/mol. The number of aliphatic hydroxyl groups is 2. The molecule has 21 heavy (non-hydrogen) atoms. The molecule has 2 N–H and O–H groups in total. The predicted molar refractivity (Wildman–Crippen MR) is 83.5 cm³/mol. The van der Waals surface area contributed by atoms with Gasteiger partial charge in [-0.3, -0.25) is 4.90 Å². The molecule has 0 amide bonds. The summed E-state index contributed by atoms with van der Waals surface area (Å²) in [6.45, 7) is 3.45. The van der Waals surface area contributed by atoms with E-state index in [-0.39, 0.29) is 6.10 Å². The largest absolute Gasteiger partial charge is 0.497 e. The zero-order valence-electron chi connectivity index (χ0n) is 13.0. The van der Waals surface area contributed by atoms with Crippen molar-refractivity contribution < 1.29 is 14.9 Å². The average Bonchev–Trinajstić information content (AvgIpc) is 2.48. The molecule has 1 fully saturated rings. The van der Waals surface area contributed by atoms with Gasteiger partial charge in [-0.25, -0.2) is 0 Å². The van der Waals surface area contributed by atoms with Crippen LogP contribution in [0.4, 0.5) is 0 Å². The van der Waals surface area contributed by atoms with E-state index in [4.69, 9.17) is 4.74 Å². The summed E-state index contributed by atoms with van der Waals surface area (Å²) in [6, 6.07) is 7.98. The number of ether oxygens (including phenoxy) is 1. The van der Waals surface area contributed by atoms with Gasteiger partial charge >= 0.3 is 0 Å². The Balaban J connectivity index is 2.00. The van der Waals surface area contributed by atoms with E-state index in [0.29, 0.717) is 12.6 Å². The molecule has 0 radical (unpaired) electrons. The van der Waals surface area contributed by atoms with E-state index in [9.17, 15) is 10.2 Å². The van der Waals surface area contributed by atoms with Crippen LogP contribution in [-0.2, 0) is 0 Å². The number of aliphatic hydroxyl groups excluding tert-OH is 2. The second-order valence-corrected chi connectivity index (χ2v) is 6.02. The minimum atomic E-state index is -0.519. The molecule has 4 heteroatoms. The molecule has 1 heterocycles. The first-order valence-electron chi connectivity index (χ1n) is 7.84. The molecule has 4 nitrogen and oxygen atoms in total. The average molecular weight is 293 g/mol. The van der Waals surface area contributed by atoms with Crippen LogP contribution in [0.15, 0.2) is 24.3 Å². The Morgan fingerprint density at radius 3 is 2.86 bits per heavy atom. The number of benzene rings is 1. The molecule has 3 unspecified atom stereocenters. The van der Waals surface area contributed by atoms with E-state index in [2.05, 4.69) is 4.90 Å². The lowest BCUT2D eigenvalue weighted by Gasteiger charge is -2.37. The Bertz CT molecular complexity index is 436. The van der Waals surface area contributed by atoms with Gasteiger partial charge in [0.1, 0.15) is 5.75 Å². The highest BCUT2D eigenvalue weighted by Gasteiger charge is 2.25. The summed E-state index contributed by atoms with van der Waals surface area (Å²) in [4.78, 5) is 2.32. The summed E-state index contributed by atoms with van der Waals surface area (Å²) in [7, 11) is 1.63. The van der Waals surface area contributed by atoms with Crippen molar-refractivity contribution in [2.24, 2.45) is 0 Å². The number of hydrogen-bond donors (Lipinski definition) is 2. The van der Waals surface area contributed by atoms with Gasteiger partial charge in [0, 0.05) is 12.6 Å². The molecule has 118 valence electrons. The van der Waals surface area contributed by atoms with Gasteiger partial charge in [-0.05, 0) is 50.4 Å². The highest BCUT2D eigenvalue weighted by molar-refractivity contribution is 5.29. The van der Waals surface area contributed by atoms with E-state index in [1.165, 1.54) is 12.8 Å². The standard InChI is InChI=1S/C17H27NO3/c1-13(19)10-15-7-3-4-9-18(15)12-17(20)14-6-5-8-16(11-14)21-2/h5-6,8,11,13,15,17,19-20H,3-4,7,9-10,12H2,1-2H3. The lowest BCUT2D eigenvalue weighted by molar-refractivity contribution is 0.0433. The van der Waals surface area contributed by atoms with Crippen molar-refractivity contribution in [1.29, 1.82) is 0 Å². The number of piperidine rings is 1. The molecule has 0 spiro atoms. The van der Waals surface area contributed by atoms with E-state index in [1.54, 1.807) is 7.11 Å². The maximum absolute atomic E-state index is 10.5. The summed E-state index contributed by atoms with van der Waals surface area (Å²) in [5.41, 5.74) is 0.885. The van der Waals surface area contributed by atoms with Gasteiger partial charge < -0.3 is 14.9 Å². The van der Waals surface area contributed by atoms with Gasteiger partial charge in [-0.15, -0.1) is 0 Å². The van der Waals surface area contributed by atoms with Gasteiger partial charge in [-0.2, -0.15) is 0 Å². The molecule has 0 aromatic heterocycles. The maximum atomic E-state index is 10.5. The third-order valence-electron chi connectivity index (χ3n) is 4.25. The molecule has 0 bridgehead atoms. The van der Waals surface area contributed by atoms with Crippen LogP contribution in [0.2, 0.25) is 0 Å². The second-order valence-electron chi connectivity index (χ2n) is 6.02. The minimum absolute atomic E-state index is 0.287. The molecular formula is C17H27NO3. The third-order valence-corrected chi connectivity index (χ3v) is 4.25. The molecule has 0 saturated carbocycles. The van der Waals surface area contributed by atoms with Crippen LogP contribution in [-0.4, -0.2) is 47.5 Å². The molecule has 1 aliphatic rings. The lowest BCUT2D eigenvalue weighted by Crippen LogP contribution is -2.43. The van der Waals surface area contributed by atoms with Crippen molar-refractivity contribution in [3.8, 4) is 5.75 Å². The number of methoxy groups -OCH3 is 1. The fourth-order valence-electron chi connectivity index (χ4n) is 3.14. The van der Waals surface area contributed by atoms with Crippen molar-refractivity contribution in [2.45, 2.75) is 50.9 Å². The van der Waals surface area contributed by atoms with Crippen molar-refractivity contribution in [2.75, 3.05) is 20.2 Å². The van der Waals surface area contributed by atoms with E-state index >= 15 is 0 Å². The van der Waals surface area contributed by atoms with Crippen molar-refractivity contribution in [1.82, 2.24) is 4.90 Å². The van der Waals surface area contributed by atoms with Crippen LogP contribution in [0.3, 0.4) is 0 Å². The topological polar surface area (TPSA) is 52.9 Å². The Morgan fingerprint density at radius 2 is 2.14 bits per heavy atom. The van der Waals surface area contributed by atoms with Crippen molar-refractivity contribution in [3.05, 3.63) is 29.8 Å². The zero-order valence-corrected chi connectivity index (χ0v) is 13.0. The summed E-state index contributed by atoms with van der Waals surface area (Å²) < 4.78 is 5.21. The number of hydrogen-bond acceptors (Lipinski definition) is 4. The third kappa shape index (κ3) is 4.70. The molecule has 1 aliphatic heterocycles. The number of rotatable bonds is 6. The number of nitrogens with zero attached hydrogens (tertiary/aromatic N) is 1. The number of β-amino-alcohol motifs (C(OH)–C–C–N with tert-alkyl or cyclic N) is 1. The van der Waals surface area contributed by atoms with E-state index in [0.717, 1.165) is 30.7 Å². The minimum Gasteiger partial charge on any atom is -0.497 e. The smallest absolute Gasteiger partial charge is 0.119 e. The van der Waals surface area contributed by atoms with Crippen LogP contribution in [0, 0.1) is 0 Å². The van der Waals surface area contributed by atoms with Gasteiger partial charge in [0.15, 0.2) is 0 Å². The second kappa shape index (κ2) is 7.78. The lowest BCUT2D eigenvalue weighted by atomic mass is 9.96. The molecule has 3 atom stereocenters. The fraction of sp³-hybridized carbons (Fsp3) is 0.647. The Morgan fingerprint density at radius 1 is 1.33 bits per heavy atom. The Labute approximate surface area is 127 Å². The molecule has 1 saturated heterocycles.